The van der Waals surface area contributed by atoms with Gasteiger partial charge in [0, 0.05) is 7.11 Å². The van der Waals surface area contributed by atoms with Gasteiger partial charge in [-0.15, -0.1) is 0 Å². The lowest BCUT2D eigenvalue weighted by molar-refractivity contribution is -0.608. The van der Waals surface area contributed by atoms with Gasteiger partial charge in [0.2, 0.25) is 0 Å². The number of quaternary nitrogens is 1. The molecule has 14 heavy (non-hydrogen) atoms. The van der Waals surface area contributed by atoms with Crippen LogP contribution in [0.4, 0.5) is 4.79 Å². The topological polar surface area (TPSA) is 78.3 Å². The van der Waals surface area contributed by atoms with Crippen LogP contribution < -0.4 is 10.4 Å². The van der Waals surface area contributed by atoms with E-state index in [-0.39, 0.29) is 11.1 Å². The fraction of sp³-hybridized carbons (Fsp3) is 0.778. The first-order chi connectivity index (χ1) is 6.23. The molecule has 1 heterocycles. The van der Waals surface area contributed by atoms with Crippen LogP contribution in [-0.2, 0) is 4.74 Å². The van der Waals surface area contributed by atoms with Crippen LogP contribution in [0.3, 0.4) is 0 Å². The molecule has 0 atom stereocenters. The van der Waals surface area contributed by atoms with Gasteiger partial charge in [-0.05, 0) is 27.7 Å². The SMILES string of the molecule is CC1(C)N=C[NH2+]C1(C)C.COC(=O)[O-]. The van der Waals surface area contributed by atoms with E-state index in [0.717, 1.165) is 7.11 Å². The van der Waals surface area contributed by atoms with Gasteiger partial charge in [-0.2, -0.15) is 0 Å². The second kappa shape index (κ2) is 4.41. The summed E-state index contributed by atoms with van der Waals surface area (Å²) in [5, 5.41) is 11.2. The Bertz CT molecular complexity index is 234. The van der Waals surface area contributed by atoms with E-state index < -0.39 is 6.16 Å². The third-order valence-corrected chi connectivity index (χ3v) is 2.63. The number of hydrogen-bond donors (Lipinski definition) is 1. The standard InChI is InChI=1S/C7H14N2.C2H4O3/c1-6(2)7(3,4)9-5-8-6;1-5-2(3)4/h5H,1-4H3,(H,8,9);1H3,(H,3,4). The van der Waals surface area contributed by atoms with Gasteiger partial charge < -0.3 is 14.6 Å². The Hall–Kier alpha value is -1.10. The average molecular weight is 202 g/mol. The number of rotatable bonds is 0. The van der Waals surface area contributed by atoms with Crippen LogP contribution in [-0.4, -0.2) is 30.7 Å². The summed E-state index contributed by atoms with van der Waals surface area (Å²) in [6.45, 7) is 8.74. The van der Waals surface area contributed by atoms with Crippen molar-refractivity contribution in [2.75, 3.05) is 7.11 Å². The van der Waals surface area contributed by atoms with Crippen molar-refractivity contribution in [2.24, 2.45) is 4.99 Å². The Morgan fingerprint density at radius 2 is 1.86 bits per heavy atom. The number of nitrogens with two attached hydrogens (primary N) is 1. The maximum atomic E-state index is 9.03. The first-order valence-electron chi connectivity index (χ1n) is 4.37. The van der Waals surface area contributed by atoms with Gasteiger partial charge >= 0.3 is 0 Å². The Morgan fingerprint density at radius 3 is 1.93 bits per heavy atom. The Kier molecular flexibility index (Phi) is 4.07. The van der Waals surface area contributed by atoms with Crippen LogP contribution >= 0.6 is 0 Å². The molecule has 0 saturated carbocycles. The Balaban J connectivity index is 0.000000292. The van der Waals surface area contributed by atoms with Gasteiger partial charge in [0.1, 0.15) is 11.1 Å². The molecule has 2 N–H and O–H groups in total. The molecular weight excluding hydrogens is 184 g/mol. The molecule has 1 rings (SSSR count). The van der Waals surface area contributed by atoms with Crippen molar-refractivity contribution in [3.8, 4) is 0 Å². The van der Waals surface area contributed by atoms with Crippen LogP contribution in [0.25, 0.3) is 0 Å². The molecule has 0 spiro atoms. The minimum atomic E-state index is -1.50. The van der Waals surface area contributed by atoms with Gasteiger partial charge in [0.25, 0.3) is 6.16 Å². The molecule has 0 fully saturated rings. The minimum Gasteiger partial charge on any atom is -0.553 e. The van der Waals surface area contributed by atoms with Crippen LogP contribution in [0, 0.1) is 0 Å². The van der Waals surface area contributed by atoms with Crippen molar-refractivity contribution >= 4 is 12.5 Å². The maximum Gasteiger partial charge on any atom is 0.251 e. The summed E-state index contributed by atoms with van der Waals surface area (Å²) < 4.78 is 3.56. The summed E-state index contributed by atoms with van der Waals surface area (Å²) in [5.74, 6) is 0. The molecule has 1 aliphatic rings. The van der Waals surface area contributed by atoms with E-state index in [1.54, 1.807) is 0 Å². The Labute approximate surface area is 84.2 Å². The van der Waals surface area contributed by atoms with Crippen molar-refractivity contribution < 1.29 is 20.0 Å². The lowest BCUT2D eigenvalue weighted by Crippen LogP contribution is -2.94. The van der Waals surface area contributed by atoms with E-state index in [0.29, 0.717) is 0 Å². The van der Waals surface area contributed by atoms with Gasteiger partial charge in [0.05, 0.1) is 0 Å². The summed E-state index contributed by atoms with van der Waals surface area (Å²) in [5.41, 5.74) is 0.347. The molecule has 0 bridgehead atoms. The smallest absolute Gasteiger partial charge is 0.251 e. The van der Waals surface area contributed by atoms with Gasteiger partial charge in [-0.3, -0.25) is 5.32 Å². The number of carbonyl (C=O) groups is 1. The fourth-order valence-corrected chi connectivity index (χ4v) is 0.780. The molecule has 0 radical (unpaired) electrons. The van der Waals surface area contributed by atoms with E-state index in [1.807, 2.05) is 6.34 Å². The normalized spacial score (nSPS) is 20.9. The first kappa shape index (κ1) is 12.9. The van der Waals surface area contributed by atoms with Crippen molar-refractivity contribution in [1.82, 2.24) is 0 Å². The lowest BCUT2D eigenvalue weighted by Gasteiger charge is -2.27. The molecule has 82 valence electrons. The maximum absolute atomic E-state index is 9.03. The number of carbonyl (C=O) groups excluding carboxylic acids is 1. The zero-order chi connectivity index (χ0) is 11.4. The first-order valence-corrected chi connectivity index (χ1v) is 4.37. The predicted molar refractivity (Wildman–Crippen MR) is 51.0 cm³/mol. The summed E-state index contributed by atoms with van der Waals surface area (Å²) in [6.07, 6.45) is 0.421. The zero-order valence-electron chi connectivity index (χ0n) is 9.33. The van der Waals surface area contributed by atoms with E-state index >= 15 is 0 Å². The Morgan fingerprint density at radius 1 is 1.43 bits per heavy atom. The van der Waals surface area contributed by atoms with Crippen molar-refractivity contribution in [3.05, 3.63) is 0 Å². The predicted octanol–water partition coefficient (Wildman–Crippen LogP) is -0.875. The van der Waals surface area contributed by atoms with Crippen LogP contribution in [0.2, 0.25) is 0 Å². The molecule has 0 aliphatic carbocycles. The number of carboxylic acid groups (broad SMARTS) is 1. The zero-order valence-corrected chi connectivity index (χ0v) is 9.33. The quantitative estimate of drug-likeness (QED) is 0.518. The van der Waals surface area contributed by atoms with Gasteiger partial charge in [-0.25, -0.2) is 4.99 Å². The number of hydrogen-bond acceptors (Lipinski definition) is 4. The molecule has 5 nitrogen and oxygen atoms in total. The molecule has 0 amide bonds. The van der Waals surface area contributed by atoms with E-state index in [4.69, 9.17) is 9.90 Å². The monoisotopic (exact) mass is 202 g/mol. The number of methoxy groups -OCH3 is 1. The van der Waals surface area contributed by atoms with Crippen LogP contribution in [0.15, 0.2) is 4.99 Å². The second-order valence-electron chi connectivity index (χ2n) is 4.18. The van der Waals surface area contributed by atoms with E-state index in [1.165, 1.54) is 0 Å². The molecule has 5 heteroatoms. The highest BCUT2D eigenvalue weighted by atomic mass is 16.6. The summed E-state index contributed by atoms with van der Waals surface area (Å²) in [7, 11) is 1.04. The molecule has 0 unspecified atom stereocenters. The van der Waals surface area contributed by atoms with Crippen LogP contribution in [0.5, 0.6) is 0 Å². The number of aliphatic imine (C=N–C) groups is 1. The highest BCUT2D eigenvalue weighted by Crippen LogP contribution is 2.22. The number of nitrogens with zero attached hydrogens (tertiary/aromatic N) is 1. The lowest BCUT2D eigenvalue weighted by atomic mass is 9.85. The third-order valence-electron chi connectivity index (χ3n) is 2.63. The largest absolute Gasteiger partial charge is 0.553 e. The highest BCUT2D eigenvalue weighted by molar-refractivity contribution is 5.53. The summed E-state index contributed by atoms with van der Waals surface area (Å²) in [4.78, 5) is 13.4. The molecule has 0 saturated heterocycles. The summed E-state index contributed by atoms with van der Waals surface area (Å²) in [6, 6.07) is 0. The van der Waals surface area contributed by atoms with E-state index in [9.17, 15) is 0 Å². The third kappa shape index (κ3) is 3.33. The molecule has 0 aromatic carbocycles. The van der Waals surface area contributed by atoms with Gasteiger partial charge in [-0.1, -0.05) is 0 Å². The van der Waals surface area contributed by atoms with Crippen molar-refractivity contribution in [3.63, 3.8) is 0 Å². The van der Waals surface area contributed by atoms with Crippen LogP contribution in [0.1, 0.15) is 27.7 Å². The fourth-order valence-electron chi connectivity index (χ4n) is 0.780. The molecule has 0 aromatic rings. The highest BCUT2D eigenvalue weighted by Gasteiger charge is 2.43. The second-order valence-corrected chi connectivity index (χ2v) is 4.18. The van der Waals surface area contributed by atoms with E-state index in [2.05, 4.69) is 42.7 Å². The molecular formula is C9H18N2O3. The van der Waals surface area contributed by atoms with Crippen molar-refractivity contribution in [2.45, 2.75) is 38.8 Å². The van der Waals surface area contributed by atoms with Gasteiger partial charge in [0.15, 0.2) is 6.34 Å². The molecule has 1 aliphatic heterocycles. The summed E-state index contributed by atoms with van der Waals surface area (Å²) >= 11 is 0. The average Bonchev–Trinajstić information content (AvgIpc) is 2.26. The minimum absolute atomic E-state index is 0.104. The molecule has 0 aromatic heterocycles. The number of ether oxygens (including phenoxy) is 1. The van der Waals surface area contributed by atoms with Crippen molar-refractivity contribution in [1.29, 1.82) is 0 Å².